The Hall–Kier alpha value is -2.81. The average molecular weight is 293 g/mol. The molecule has 0 saturated heterocycles. The highest BCUT2D eigenvalue weighted by atomic mass is 16.3. The fraction of sp³-hybridized carbons (Fsp3) is 0.105. The maximum absolute atomic E-state index is 12.4. The van der Waals surface area contributed by atoms with Gasteiger partial charge in [-0.2, -0.15) is 0 Å². The Morgan fingerprint density at radius 3 is 2.23 bits per heavy atom. The summed E-state index contributed by atoms with van der Waals surface area (Å²) in [6.07, 6.45) is 0. The van der Waals surface area contributed by atoms with Gasteiger partial charge in [-0.25, -0.2) is 0 Å². The monoisotopic (exact) mass is 293 g/mol. The fourth-order valence-electron chi connectivity index (χ4n) is 2.21. The molecule has 0 fully saturated rings. The highest BCUT2D eigenvalue weighted by Gasteiger charge is 2.15. The normalized spacial score (nSPS) is 9.73. The Bertz CT molecular complexity index is 767. The van der Waals surface area contributed by atoms with Gasteiger partial charge < -0.3 is 10.4 Å². The van der Waals surface area contributed by atoms with Crippen LogP contribution in [0.4, 0.5) is 5.69 Å². The minimum absolute atomic E-state index is 0.0165. The van der Waals surface area contributed by atoms with E-state index < -0.39 is 0 Å². The van der Waals surface area contributed by atoms with Gasteiger partial charge in [-0.3, -0.25) is 4.79 Å². The molecule has 0 unspecified atom stereocenters. The van der Waals surface area contributed by atoms with Crippen LogP contribution in [0, 0.1) is 0 Å². The van der Waals surface area contributed by atoms with Gasteiger partial charge in [-0.1, -0.05) is 62.4 Å². The Morgan fingerprint density at radius 2 is 1.50 bits per heavy atom. The lowest BCUT2D eigenvalue weighted by Crippen LogP contribution is -2.12. The zero-order chi connectivity index (χ0) is 15.9. The zero-order valence-electron chi connectivity index (χ0n) is 12.7. The Morgan fingerprint density at radius 1 is 0.864 bits per heavy atom. The SMILES string of the molecule is CC.O=C(Nc1ccccc1)c1c(O)ccc2ccccc12. The van der Waals surface area contributed by atoms with Gasteiger partial charge in [0.25, 0.3) is 5.91 Å². The molecule has 0 bridgehead atoms. The van der Waals surface area contributed by atoms with E-state index in [1.54, 1.807) is 24.3 Å². The van der Waals surface area contributed by atoms with Crippen LogP contribution in [0.25, 0.3) is 10.8 Å². The second-order valence-corrected chi connectivity index (χ2v) is 4.50. The van der Waals surface area contributed by atoms with Gasteiger partial charge in [0.15, 0.2) is 0 Å². The predicted molar refractivity (Wildman–Crippen MR) is 91.4 cm³/mol. The standard InChI is InChI=1S/C17H13NO2.C2H6/c19-15-11-10-12-6-4-5-9-14(12)16(15)17(20)18-13-7-2-1-3-8-13;1-2/h1-11,19H,(H,18,20);1-2H3. The summed E-state index contributed by atoms with van der Waals surface area (Å²) in [7, 11) is 0. The summed E-state index contributed by atoms with van der Waals surface area (Å²) in [4.78, 5) is 12.4. The third-order valence-corrected chi connectivity index (χ3v) is 3.17. The van der Waals surface area contributed by atoms with Crippen LogP contribution in [0.15, 0.2) is 66.7 Å². The number of phenols is 1. The lowest BCUT2D eigenvalue weighted by Gasteiger charge is -2.10. The number of hydrogen-bond acceptors (Lipinski definition) is 2. The first-order chi connectivity index (χ1) is 10.8. The zero-order valence-corrected chi connectivity index (χ0v) is 12.7. The summed E-state index contributed by atoms with van der Waals surface area (Å²) in [6.45, 7) is 4.00. The van der Waals surface area contributed by atoms with Gasteiger partial charge in [0.2, 0.25) is 0 Å². The number of anilines is 1. The fourth-order valence-corrected chi connectivity index (χ4v) is 2.21. The minimum Gasteiger partial charge on any atom is -0.507 e. The quantitative estimate of drug-likeness (QED) is 0.711. The molecular formula is C19H19NO2. The average Bonchev–Trinajstić information content (AvgIpc) is 2.57. The van der Waals surface area contributed by atoms with E-state index in [4.69, 9.17) is 0 Å². The number of fused-ring (bicyclic) bond motifs is 1. The largest absolute Gasteiger partial charge is 0.507 e. The number of benzene rings is 3. The molecule has 0 aliphatic rings. The number of amides is 1. The topological polar surface area (TPSA) is 49.3 Å². The molecule has 22 heavy (non-hydrogen) atoms. The van der Waals surface area contributed by atoms with Crippen molar-refractivity contribution in [1.29, 1.82) is 0 Å². The van der Waals surface area contributed by atoms with Crippen molar-refractivity contribution >= 4 is 22.4 Å². The number of aromatic hydroxyl groups is 1. The molecule has 3 nitrogen and oxygen atoms in total. The number of carbonyl (C=O) groups is 1. The third kappa shape index (κ3) is 3.26. The number of para-hydroxylation sites is 1. The highest BCUT2D eigenvalue weighted by Crippen LogP contribution is 2.27. The molecule has 0 spiro atoms. The summed E-state index contributed by atoms with van der Waals surface area (Å²) in [5.74, 6) is -0.331. The van der Waals surface area contributed by atoms with E-state index >= 15 is 0 Å². The van der Waals surface area contributed by atoms with Crippen LogP contribution in [0.2, 0.25) is 0 Å². The van der Waals surface area contributed by atoms with E-state index in [9.17, 15) is 9.90 Å². The van der Waals surface area contributed by atoms with Gasteiger partial charge >= 0.3 is 0 Å². The second kappa shape index (κ2) is 7.27. The molecule has 0 atom stereocenters. The van der Waals surface area contributed by atoms with Crippen molar-refractivity contribution in [2.24, 2.45) is 0 Å². The molecule has 0 aliphatic heterocycles. The molecule has 3 rings (SSSR count). The number of nitrogens with one attached hydrogen (secondary N) is 1. The summed E-state index contributed by atoms with van der Waals surface area (Å²) >= 11 is 0. The van der Waals surface area contributed by atoms with Crippen LogP contribution < -0.4 is 5.32 Å². The molecular weight excluding hydrogens is 274 g/mol. The molecule has 0 aromatic heterocycles. The van der Waals surface area contributed by atoms with Crippen LogP contribution in [0.5, 0.6) is 5.75 Å². The summed E-state index contributed by atoms with van der Waals surface area (Å²) in [5.41, 5.74) is 0.997. The van der Waals surface area contributed by atoms with Gasteiger partial charge in [-0.05, 0) is 29.0 Å². The summed E-state index contributed by atoms with van der Waals surface area (Å²) < 4.78 is 0. The van der Waals surface area contributed by atoms with E-state index in [2.05, 4.69) is 5.32 Å². The molecule has 0 heterocycles. The van der Waals surface area contributed by atoms with Gasteiger partial charge in [0.05, 0.1) is 5.56 Å². The van der Waals surface area contributed by atoms with Crippen LogP contribution in [-0.4, -0.2) is 11.0 Å². The number of carbonyl (C=O) groups excluding carboxylic acids is 1. The van der Waals surface area contributed by atoms with Gasteiger partial charge in [0, 0.05) is 5.69 Å². The van der Waals surface area contributed by atoms with E-state index in [1.807, 2.05) is 56.3 Å². The maximum atomic E-state index is 12.4. The molecule has 112 valence electrons. The van der Waals surface area contributed by atoms with Crippen molar-refractivity contribution < 1.29 is 9.90 Å². The van der Waals surface area contributed by atoms with Crippen LogP contribution in [0.3, 0.4) is 0 Å². The third-order valence-electron chi connectivity index (χ3n) is 3.17. The lowest BCUT2D eigenvalue weighted by atomic mass is 10.0. The molecule has 3 heteroatoms. The van der Waals surface area contributed by atoms with E-state index in [0.29, 0.717) is 11.3 Å². The summed E-state index contributed by atoms with van der Waals surface area (Å²) in [6, 6.07) is 20.0. The first-order valence-corrected chi connectivity index (χ1v) is 7.33. The van der Waals surface area contributed by atoms with Crippen molar-refractivity contribution in [2.75, 3.05) is 5.32 Å². The van der Waals surface area contributed by atoms with Crippen molar-refractivity contribution in [3.63, 3.8) is 0 Å². The Labute approximate surface area is 130 Å². The van der Waals surface area contributed by atoms with Crippen LogP contribution in [-0.2, 0) is 0 Å². The van der Waals surface area contributed by atoms with E-state index in [1.165, 1.54) is 0 Å². The van der Waals surface area contributed by atoms with Crippen molar-refractivity contribution in [1.82, 2.24) is 0 Å². The molecule has 0 radical (unpaired) electrons. The molecule has 0 saturated carbocycles. The number of phenolic OH excluding ortho intramolecular Hbond substituents is 1. The highest BCUT2D eigenvalue weighted by molar-refractivity contribution is 6.14. The number of hydrogen-bond donors (Lipinski definition) is 2. The van der Waals surface area contributed by atoms with Crippen LogP contribution in [0.1, 0.15) is 24.2 Å². The predicted octanol–water partition coefficient (Wildman–Crippen LogP) is 4.82. The molecule has 0 aliphatic carbocycles. The van der Waals surface area contributed by atoms with Crippen molar-refractivity contribution in [3.8, 4) is 5.75 Å². The first-order valence-electron chi connectivity index (χ1n) is 7.33. The minimum atomic E-state index is -0.314. The smallest absolute Gasteiger partial charge is 0.260 e. The lowest BCUT2D eigenvalue weighted by molar-refractivity contribution is 0.102. The summed E-state index contributed by atoms with van der Waals surface area (Å²) in [5, 5.41) is 14.4. The van der Waals surface area contributed by atoms with Gasteiger partial charge in [0.1, 0.15) is 5.75 Å². The molecule has 2 N–H and O–H groups in total. The molecule has 3 aromatic carbocycles. The number of rotatable bonds is 2. The second-order valence-electron chi connectivity index (χ2n) is 4.50. The van der Waals surface area contributed by atoms with Crippen molar-refractivity contribution in [3.05, 3.63) is 72.3 Å². The van der Waals surface area contributed by atoms with Crippen LogP contribution >= 0.6 is 0 Å². The first kappa shape index (κ1) is 15.6. The van der Waals surface area contributed by atoms with Gasteiger partial charge in [-0.15, -0.1) is 0 Å². The molecule has 3 aromatic rings. The maximum Gasteiger partial charge on any atom is 0.260 e. The molecule has 1 amide bonds. The van der Waals surface area contributed by atoms with E-state index in [0.717, 1.165) is 10.8 Å². The van der Waals surface area contributed by atoms with E-state index in [-0.39, 0.29) is 11.7 Å². The Balaban J connectivity index is 0.000000847. The Kier molecular flexibility index (Phi) is 5.15. The van der Waals surface area contributed by atoms with Crippen molar-refractivity contribution in [2.45, 2.75) is 13.8 Å².